The zero-order valence-corrected chi connectivity index (χ0v) is 9.13. The summed E-state index contributed by atoms with van der Waals surface area (Å²) in [6, 6.07) is 5.09. The van der Waals surface area contributed by atoms with Crippen molar-refractivity contribution in [3.63, 3.8) is 0 Å². The van der Waals surface area contributed by atoms with E-state index in [4.69, 9.17) is 10.4 Å². The quantitative estimate of drug-likeness (QED) is 0.824. The smallest absolute Gasteiger partial charge is 0.336 e. The third kappa shape index (κ3) is 1.94. The Labute approximate surface area is 90.1 Å². The largest absolute Gasteiger partial charge is 0.478 e. The summed E-state index contributed by atoms with van der Waals surface area (Å²) in [6.07, 6.45) is 0. The zero-order chi connectivity index (χ0) is 10.7. The van der Waals surface area contributed by atoms with Crippen LogP contribution >= 0.6 is 15.9 Å². The highest BCUT2D eigenvalue weighted by Crippen LogP contribution is 2.18. The first kappa shape index (κ1) is 10.7. The fraction of sp³-hybridized carbons (Fsp3) is 0.200. The lowest BCUT2D eigenvalue weighted by molar-refractivity contribution is 0.0696. The molecule has 4 heteroatoms. The van der Waals surface area contributed by atoms with Crippen LogP contribution in [0.5, 0.6) is 0 Å². The van der Waals surface area contributed by atoms with Gasteiger partial charge in [-0.3, -0.25) is 0 Å². The van der Waals surface area contributed by atoms with Gasteiger partial charge in [-0.1, -0.05) is 22.0 Å². The minimum absolute atomic E-state index is 0.184. The Hall–Kier alpha value is -1.34. The van der Waals surface area contributed by atoms with E-state index in [1.807, 2.05) is 6.07 Å². The molecule has 1 N–H and O–H groups in total. The Morgan fingerprint density at radius 2 is 2.29 bits per heavy atom. The number of aryl methyl sites for hydroxylation is 1. The number of carboxylic acid groups (broad SMARTS) is 1. The number of hydrogen-bond donors (Lipinski definition) is 1. The number of hydrogen-bond acceptors (Lipinski definition) is 2. The van der Waals surface area contributed by atoms with Crippen molar-refractivity contribution in [3.8, 4) is 6.07 Å². The van der Waals surface area contributed by atoms with Gasteiger partial charge in [-0.15, -0.1) is 0 Å². The van der Waals surface area contributed by atoms with Crippen molar-refractivity contribution in [3.05, 3.63) is 34.4 Å². The molecule has 1 aromatic rings. The molecule has 0 aliphatic carbocycles. The van der Waals surface area contributed by atoms with Crippen molar-refractivity contribution in [2.24, 2.45) is 0 Å². The summed E-state index contributed by atoms with van der Waals surface area (Å²) in [5, 5.41) is 18.1. The van der Waals surface area contributed by atoms with Crippen molar-refractivity contribution < 1.29 is 9.90 Å². The SMILES string of the molecule is Cc1cc(CBr)c(C(=O)O)cc1C#N. The van der Waals surface area contributed by atoms with Crippen LogP contribution in [0.4, 0.5) is 0 Å². The van der Waals surface area contributed by atoms with Crippen LogP contribution < -0.4 is 0 Å². The van der Waals surface area contributed by atoms with Gasteiger partial charge in [0.2, 0.25) is 0 Å². The summed E-state index contributed by atoms with van der Waals surface area (Å²) in [5.74, 6) is -1.00. The molecule has 0 aliphatic rings. The van der Waals surface area contributed by atoms with Crippen LogP contribution in [-0.4, -0.2) is 11.1 Å². The zero-order valence-electron chi connectivity index (χ0n) is 7.54. The number of alkyl halides is 1. The molecular weight excluding hydrogens is 246 g/mol. The van der Waals surface area contributed by atoms with Crippen LogP contribution in [0.15, 0.2) is 12.1 Å². The highest BCUT2D eigenvalue weighted by molar-refractivity contribution is 9.08. The maximum absolute atomic E-state index is 10.8. The highest BCUT2D eigenvalue weighted by atomic mass is 79.9. The third-order valence-electron chi connectivity index (χ3n) is 1.95. The van der Waals surface area contributed by atoms with E-state index >= 15 is 0 Å². The fourth-order valence-electron chi connectivity index (χ4n) is 1.20. The Kier molecular flexibility index (Phi) is 3.26. The van der Waals surface area contributed by atoms with Gasteiger partial charge in [0.05, 0.1) is 17.2 Å². The first-order valence-corrected chi connectivity index (χ1v) is 5.05. The van der Waals surface area contributed by atoms with Crippen LogP contribution in [0, 0.1) is 18.3 Å². The molecule has 72 valence electrons. The van der Waals surface area contributed by atoms with Crippen LogP contribution in [-0.2, 0) is 5.33 Å². The molecule has 1 aromatic carbocycles. The number of nitriles is 1. The number of aromatic carboxylic acids is 1. The summed E-state index contributed by atoms with van der Waals surface area (Å²) >= 11 is 3.21. The molecule has 0 radical (unpaired) electrons. The van der Waals surface area contributed by atoms with Crippen molar-refractivity contribution in [1.82, 2.24) is 0 Å². The Morgan fingerprint density at radius 1 is 1.64 bits per heavy atom. The van der Waals surface area contributed by atoms with Gasteiger partial charge in [0, 0.05) is 5.33 Å². The number of carboxylic acids is 1. The maximum Gasteiger partial charge on any atom is 0.336 e. The Bertz CT molecular complexity index is 421. The van der Waals surface area contributed by atoms with E-state index in [9.17, 15) is 4.79 Å². The lowest BCUT2D eigenvalue weighted by Crippen LogP contribution is -2.03. The van der Waals surface area contributed by atoms with Crippen LogP contribution in [0.25, 0.3) is 0 Å². The van der Waals surface area contributed by atoms with E-state index < -0.39 is 5.97 Å². The van der Waals surface area contributed by atoms with E-state index in [0.29, 0.717) is 16.5 Å². The average Bonchev–Trinajstić information content (AvgIpc) is 2.16. The third-order valence-corrected chi connectivity index (χ3v) is 2.55. The molecule has 1 rings (SSSR count). The van der Waals surface area contributed by atoms with Crippen LogP contribution in [0.3, 0.4) is 0 Å². The van der Waals surface area contributed by atoms with E-state index in [2.05, 4.69) is 15.9 Å². The molecule has 0 atom stereocenters. The average molecular weight is 254 g/mol. The molecule has 0 unspecified atom stereocenters. The summed E-state index contributed by atoms with van der Waals surface area (Å²) < 4.78 is 0. The Balaban J connectivity index is 3.42. The van der Waals surface area contributed by atoms with Gasteiger partial charge in [-0.25, -0.2) is 4.79 Å². The summed E-state index contributed by atoms with van der Waals surface area (Å²) in [4.78, 5) is 10.8. The number of rotatable bonds is 2. The standard InChI is InChI=1S/C10H8BrNO2/c1-6-2-7(4-11)9(10(13)14)3-8(6)5-12/h2-3H,4H2,1H3,(H,13,14). The minimum atomic E-state index is -1.00. The molecule has 3 nitrogen and oxygen atoms in total. The normalized spacial score (nSPS) is 9.50. The molecule has 0 saturated heterocycles. The minimum Gasteiger partial charge on any atom is -0.478 e. The summed E-state index contributed by atoms with van der Waals surface area (Å²) in [5.41, 5.74) is 2.08. The molecule has 0 aliphatic heterocycles. The second kappa shape index (κ2) is 4.25. The molecule has 0 aromatic heterocycles. The van der Waals surface area contributed by atoms with Gasteiger partial charge >= 0.3 is 5.97 Å². The highest BCUT2D eigenvalue weighted by Gasteiger charge is 2.11. The van der Waals surface area contributed by atoms with Gasteiger partial charge in [-0.05, 0) is 24.1 Å². The van der Waals surface area contributed by atoms with Gasteiger partial charge in [-0.2, -0.15) is 5.26 Å². The predicted molar refractivity (Wildman–Crippen MR) is 55.5 cm³/mol. The molecule has 0 bridgehead atoms. The predicted octanol–water partition coefficient (Wildman–Crippen LogP) is 2.46. The Morgan fingerprint density at radius 3 is 2.71 bits per heavy atom. The van der Waals surface area contributed by atoms with Crippen LogP contribution in [0.1, 0.15) is 27.0 Å². The number of benzene rings is 1. The van der Waals surface area contributed by atoms with Gasteiger partial charge in [0.25, 0.3) is 0 Å². The number of nitrogens with zero attached hydrogens (tertiary/aromatic N) is 1. The van der Waals surface area contributed by atoms with E-state index in [1.54, 1.807) is 13.0 Å². The van der Waals surface area contributed by atoms with Gasteiger partial charge in [0.15, 0.2) is 0 Å². The summed E-state index contributed by atoms with van der Waals surface area (Å²) in [7, 11) is 0. The fourth-order valence-corrected chi connectivity index (χ4v) is 1.66. The topological polar surface area (TPSA) is 61.1 Å². The molecular formula is C10H8BrNO2. The monoisotopic (exact) mass is 253 g/mol. The molecule has 0 heterocycles. The van der Waals surface area contributed by atoms with Gasteiger partial charge in [0.1, 0.15) is 0 Å². The van der Waals surface area contributed by atoms with Crippen molar-refractivity contribution in [1.29, 1.82) is 5.26 Å². The second-order valence-electron chi connectivity index (χ2n) is 2.87. The van der Waals surface area contributed by atoms with Crippen molar-refractivity contribution in [2.75, 3.05) is 0 Å². The lowest BCUT2D eigenvalue weighted by Gasteiger charge is -2.05. The number of carbonyl (C=O) groups is 1. The molecule has 0 fully saturated rings. The molecule has 0 saturated carbocycles. The van der Waals surface area contributed by atoms with Crippen LogP contribution in [0.2, 0.25) is 0 Å². The van der Waals surface area contributed by atoms with Crippen molar-refractivity contribution >= 4 is 21.9 Å². The van der Waals surface area contributed by atoms with Crippen molar-refractivity contribution in [2.45, 2.75) is 12.3 Å². The number of halogens is 1. The van der Waals surface area contributed by atoms with Gasteiger partial charge < -0.3 is 5.11 Å². The second-order valence-corrected chi connectivity index (χ2v) is 3.44. The first-order valence-electron chi connectivity index (χ1n) is 3.93. The maximum atomic E-state index is 10.8. The molecule has 0 amide bonds. The van der Waals surface area contributed by atoms with E-state index in [0.717, 1.165) is 5.56 Å². The van der Waals surface area contributed by atoms with E-state index in [1.165, 1.54) is 6.07 Å². The summed E-state index contributed by atoms with van der Waals surface area (Å²) in [6.45, 7) is 1.79. The first-order chi connectivity index (χ1) is 6.60. The molecule has 14 heavy (non-hydrogen) atoms. The lowest BCUT2D eigenvalue weighted by atomic mass is 10.0. The molecule has 0 spiro atoms. The van der Waals surface area contributed by atoms with E-state index in [-0.39, 0.29) is 5.56 Å².